The molecule has 0 aliphatic carbocycles. The lowest BCUT2D eigenvalue weighted by Gasteiger charge is -2.23. The van der Waals surface area contributed by atoms with Crippen LogP contribution < -0.4 is 18.9 Å². The van der Waals surface area contributed by atoms with Crippen molar-refractivity contribution >= 4 is 0 Å². The SMILES string of the molecule is c1cc(C(c2ccc(OCC3CO3)cc2)c2ccc(C(c3ccc(OCC4CO4)cc3)c3ccc(OC[C@@H]4CO4)cc3)cc2)ccc1OCC1CO1. The van der Waals surface area contributed by atoms with E-state index in [9.17, 15) is 0 Å². The highest BCUT2D eigenvalue weighted by atomic mass is 16.6. The standard InChI is InChI=1S/C44H42O8/c1-2-30(44(33-9-17-37(18-10-33)47-23-41-27-51-41)34-11-19-38(20-12-34)48-24-42-28-52-42)4-3-29(1)43(31-5-13-35(14-6-31)45-21-39-25-49-39)32-7-15-36(16-8-32)46-22-40-26-50-40/h1-20,39-44H,21-28H2/t39-,40?,41?,42?,43?,44?/m1/s1. The van der Waals surface area contributed by atoms with Crippen LogP contribution in [0.1, 0.15) is 45.2 Å². The van der Waals surface area contributed by atoms with Gasteiger partial charge in [-0.3, -0.25) is 0 Å². The molecule has 4 heterocycles. The van der Waals surface area contributed by atoms with Gasteiger partial charge >= 0.3 is 0 Å². The zero-order chi connectivity index (χ0) is 34.7. The van der Waals surface area contributed by atoms with Gasteiger partial charge in [0.25, 0.3) is 0 Å². The van der Waals surface area contributed by atoms with Crippen molar-refractivity contribution in [3.8, 4) is 23.0 Å². The maximum atomic E-state index is 5.96. The summed E-state index contributed by atoms with van der Waals surface area (Å²) in [4.78, 5) is 0. The molecule has 4 aliphatic heterocycles. The van der Waals surface area contributed by atoms with Gasteiger partial charge in [0, 0.05) is 11.8 Å². The molecule has 5 atom stereocenters. The van der Waals surface area contributed by atoms with Gasteiger partial charge in [-0.25, -0.2) is 0 Å². The molecule has 8 heteroatoms. The Bertz CT molecular complexity index is 1630. The highest BCUT2D eigenvalue weighted by Gasteiger charge is 2.26. The number of hydrogen-bond donors (Lipinski definition) is 0. The molecule has 0 bridgehead atoms. The summed E-state index contributed by atoms with van der Waals surface area (Å²) in [6, 6.07) is 42.8. The summed E-state index contributed by atoms with van der Waals surface area (Å²) >= 11 is 0. The van der Waals surface area contributed by atoms with Crippen LogP contribution in [0, 0.1) is 0 Å². The first-order valence-corrected chi connectivity index (χ1v) is 18.2. The molecular weight excluding hydrogens is 656 g/mol. The molecule has 0 saturated carbocycles. The summed E-state index contributed by atoms with van der Waals surface area (Å²) in [5, 5.41) is 0. The first kappa shape index (κ1) is 33.0. The maximum Gasteiger partial charge on any atom is 0.119 e. The van der Waals surface area contributed by atoms with Crippen LogP contribution in [-0.2, 0) is 18.9 Å². The van der Waals surface area contributed by atoms with Crippen molar-refractivity contribution in [1.29, 1.82) is 0 Å². The third-order valence-electron chi connectivity index (χ3n) is 9.81. The largest absolute Gasteiger partial charge is 0.491 e. The van der Waals surface area contributed by atoms with E-state index >= 15 is 0 Å². The summed E-state index contributed by atoms with van der Waals surface area (Å²) in [5.41, 5.74) is 7.11. The van der Waals surface area contributed by atoms with Crippen LogP contribution in [-0.4, -0.2) is 77.3 Å². The molecule has 5 aromatic carbocycles. The van der Waals surface area contributed by atoms with Gasteiger partial charge in [-0.1, -0.05) is 72.8 Å². The van der Waals surface area contributed by atoms with Crippen LogP contribution in [0.3, 0.4) is 0 Å². The van der Waals surface area contributed by atoms with Crippen molar-refractivity contribution in [3.63, 3.8) is 0 Å². The Kier molecular flexibility index (Phi) is 9.53. The molecule has 9 rings (SSSR count). The molecule has 266 valence electrons. The highest BCUT2D eigenvalue weighted by Crippen LogP contribution is 2.38. The predicted octanol–water partition coefficient (Wildman–Crippen LogP) is 7.16. The van der Waals surface area contributed by atoms with Crippen LogP contribution in [0.2, 0.25) is 0 Å². The third kappa shape index (κ3) is 8.60. The number of benzene rings is 5. The molecule has 4 unspecified atom stereocenters. The Morgan fingerprint density at radius 3 is 0.673 bits per heavy atom. The first-order valence-electron chi connectivity index (χ1n) is 18.2. The van der Waals surface area contributed by atoms with Gasteiger partial charge in [0.15, 0.2) is 0 Å². The molecule has 52 heavy (non-hydrogen) atoms. The van der Waals surface area contributed by atoms with E-state index in [1.165, 1.54) is 33.4 Å². The van der Waals surface area contributed by atoms with Gasteiger partial charge in [-0.2, -0.15) is 0 Å². The monoisotopic (exact) mass is 698 g/mol. The molecule has 0 aromatic heterocycles. The van der Waals surface area contributed by atoms with Crippen molar-refractivity contribution < 1.29 is 37.9 Å². The number of rotatable bonds is 18. The van der Waals surface area contributed by atoms with Crippen LogP contribution in [0.15, 0.2) is 121 Å². The van der Waals surface area contributed by atoms with Crippen molar-refractivity contribution in [2.75, 3.05) is 52.9 Å². The van der Waals surface area contributed by atoms with Crippen LogP contribution in [0.4, 0.5) is 0 Å². The summed E-state index contributed by atoms with van der Waals surface area (Å²) in [6.07, 6.45) is 0.850. The number of hydrogen-bond acceptors (Lipinski definition) is 8. The third-order valence-corrected chi connectivity index (χ3v) is 9.81. The van der Waals surface area contributed by atoms with E-state index in [2.05, 4.69) is 121 Å². The Balaban J connectivity index is 1.00. The van der Waals surface area contributed by atoms with Crippen molar-refractivity contribution in [3.05, 3.63) is 155 Å². The Hall–Kier alpha value is -4.86. The van der Waals surface area contributed by atoms with Crippen LogP contribution in [0.5, 0.6) is 23.0 Å². The summed E-state index contributed by atoms with van der Waals surface area (Å²) in [5.74, 6) is 3.39. The number of ether oxygens (including phenoxy) is 8. The molecular formula is C44H42O8. The van der Waals surface area contributed by atoms with E-state index in [0.717, 1.165) is 49.4 Å². The van der Waals surface area contributed by atoms with Gasteiger partial charge in [0.1, 0.15) is 73.8 Å². The lowest BCUT2D eigenvalue weighted by atomic mass is 9.81. The van der Waals surface area contributed by atoms with Gasteiger partial charge < -0.3 is 37.9 Å². The lowest BCUT2D eigenvalue weighted by molar-refractivity contribution is 0.263. The topological polar surface area (TPSA) is 87.0 Å². The average molecular weight is 699 g/mol. The fourth-order valence-electron chi connectivity index (χ4n) is 6.48. The van der Waals surface area contributed by atoms with Crippen LogP contribution >= 0.6 is 0 Å². The van der Waals surface area contributed by atoms with Gasteiger partial charge in [0.05, 0.1) is 26.4 Å². The molecule has 8 nitrogen and oxygen atoms in total. The Morgan fingerprint density at radius 2 is 0.500 bits per heavy atom. The molecule has 4 aliphatic rings. The van der Waals surface area contributed by atoms with E-state index in [1.54, 1.807) is 0 Å². The van der Waals surface area contributed by atoms with Gasteiger partial charge in [-0.05, 0) is 81.9 Å². The maximum absolute atomic E-state index is 5.96. The number of epoxide rings is 4. The molecule has 0 N–H and O–H groups in total. The fourth-order valence-corrected chi connectivity index (χ4v) is 6.48. The van der Waals surface area contributed by atoms with Crippen molar-refractivity contribution in [1.82, 2.24) is 0 Å². The zero-order valence-corrected chi connectivity index (χ0v) is 28.9. The summed E-state index contributed by atoms with van der Waals surface area (Å²) < 4.78 is 45.1. The molecule has 5 aromatic rings. The van der Waals surface area contributed by atoms with E-state index < -0.39 is 0 Å². The summed E-state index contributed by atoms with van der Waals surface area (Å²) in [7, 11) is 0. The minimum absolute atomic E-state index is 0.00731. The van der Waals surface area contributed by atoms with E-state index in [1.807, 2.05) is 0 Å². The minimum atomic E-state index is 0.00731. The van der Waals surface area contributed by atoms with Gasteiger partial charge in [0.2, 0.25) is 0 Å². The molecule has 0 spiro atoms. The normalized spacial score (nSPS) is 22.2. The summed E-state index contributed by atoms with van der Waals surface area (Å²) in [6.45, 7) is 5.41. The lowest BCUT2D eigenvalue weighted by Crippen LogP contribution is -2.08. The highest BCUT2D eigenvalue weighted by molar-refractivity contribution is 5.50. The van der Waals surface area contributed by atoms with Crippen molar-refractivity contribution in [2.24, 2.45) is 0 Å². The minimum Gasteiger partial charge on any atom is -0.491 e. The first-order chi connectivity index (χ1) is 25.7. The molecule has 4 saturated heterocycles. The zero-order valence-electron chi connectivity index (χ0n) is 28.9. The Morgan fingerprint density at radius 1 is 0.327 bits per heavy atom. The molecule has 0 radical (unpaired) electrons. The van der Waals surface area contributed by atoms with Crippen LogP contribution in [0.25, 0.3) is 0 Å². The Labute approximate surface area is 304 Å². The predicted molar refractivity (Wildman–Crippen MR) is 195 cm³/mol. The second-order valence-corrected chi connectivity index (χ2v) is 13.9. The average Bonchev–Trinajstić information content (AvgIpc) is 3.98. The van der Waals surface area contributed by atoms with E-state index in [4.69, 9.17) is 37.9 Å². The quantitative estimate of drug-likeness (QED) is 0.0705. The second kappa shape index (κ2) is 15.0. The fraction of sp³-hybridized carbons (Fsp3) is 0.318. The van der Waals surface area contributed by atoms with E-state index in [0.29, 0.717) is 26.4 Å². The van der Waals surface area contributed by atoms with Gasteiger partial charge in [-0.15, -0.1) is 0 Å². The van der Waals surface area contributed by atoms with Crippen molar-refractivity contribution in [2.45, 2.75) is 36.3 Å². The van der Waals surface area contributed by atoms with E-state index in [-0.39, 0.29) is 36.3 Å². The smallest absolute Gasteiger partial charge is 0.119 e. The molecule has 4 fully saturated rings. The molecule has 0 amide bonds. The second-order valence-electron chi connectivity index (χ2n) is 13.9.